The van der Waals surface area contributed by atoms with E-state index in [9.17, 15) is 8.42 Å². The molecule has 0 atom stereocenters. The van der Waals surface area contributed by atoms with Crippen molar-refractivity contribution in [3.63, 3.8) is 0 Å². The lowest BCUT2D eigenvalue weighted by Gasteiger charge is -2.39. The molecule has 0 unspecified atom stereocenters. The minimum absolute atomic E-state index is 0.103. The Morgan fingerprint density at radius 2 is 1.87 bits per heavy atom. The second kappa shape index (κ2) is 4.03. The van der Waals surface area contributed by atoms with Gasteiger partial charge in [-0.25, -0.2) is 8.42 Å². The first-order valence-corrected chi connectivity index (χ1v) is 6.89. The molecule has 0 spiro atoms. The maximum atomic E-state index is 11.7. The van der Waals surface area contributed by atoms with Crippen LogP contribution in [0.3, 0.4) is 0 Å². The summed E-state index contributed by atoms with van der Waals surface area (Å²) in [6, 6.07) is 0. The molecule has 1 N–H and O–H groups in total. The molecule has 1 fully saturated rings. The molecule has 0 aromatic rings. The smallest absolute Gasteiger partial charge is 0.157 e. The Kier molecular flexibility index (Phi) is 3.48. The van der Waals surface area contributed by atoms with E-state index in [-0.39, 0.29) is 18.0 Å². The van der Waals surface area contributed by atoms with E-state index in [0.717, 1.165) is 13.1 Å². The van der Waals surface area contributed by atoms with E-state index in [1.165, 1.54) is 0 Å². The Morgan fingerprint density at radius 1 is 1.33 bits per heavy atom. The first-order valence-electron chi connectivity index (χ1n) is 5.23. The van der Waals surface area contributed by atoms with Gasteiger partial charge < -0.3 is 10.1 Å². The number of nitrogens with one attached hydrogen (secondary N) is 1. The van der Waals surface area contributed by atoms with Crippen LogP contribution in [-0.2, 0) is 14.6 Å². The Labute approximate surface area is 92.3 Å². The Hall–Kier alpha value is -0.130. The van der Waals surface area contributed by atoms with Crippen LogP contribution >= 0.6 is 0 Å². The molecule has 0 aromatic heterocycles. The first kappa shape index (κ1) is 12.9. The zero-order valence-electron chi connectivity index (χ0n) is 9.96. The van der Waals surface area contributed by atoms with Gasteiger partial charge in [0.05, 0.1) is 22.7 Å². The number of rotatable bonds is 4. The van der Waals surface area contributed by atoms with Crippen molar-refractivity contribution < 1.29 is 13.2 Å². The fourth-order valence-corrected chi connectivity index (χ4v) is 2.20. The van der Waals surface area contributed by atoms with Gasteiger partial charge in [0.1, 0.15) is 0 Å². The highest BCUT2D eigenvalue weighted by molar-refractivity contribution is 7.92. The van der Waals surface area contributed by atoms with Gasteiger partial charge in [-0.2, -0.15) is 0 Å². The summed E-state index contributed by atoms with van der Waals surface area (Å²) >= 11 is 0. The standard InChI is InChI=1S/C10H21NO3S/c1-9(2,3)15(12,13)6-5-14-10(4)7-11-8-10/h11H,5-8H2,1-4H3. The van der Waals surface area contributed by atoms with Crippen LogP contribution in [0.4, 0.5) is 0 Å². The predicted octanol–water partition coefficient (Wildman–Crippen LogP) is 0.578. The van der Waals surface area contributed by atoms with E-state index >= 15 is 0 Å². The normalized spacial score (nSPS) is 21.1. The largest absolute Gasteiger partial charge is 0.372 e. The Morgan fingerprint density at radius 3 is 2.20 bits per heavy atom. The van der Waals surface area contributed by atoms with Crippen molar-refractivity contribution in [1.29, 1.82) is 0 Å². The monoisotopic (exact) mass is 235 g/mol. The van der Waals surface area contributed by atoms with Crippen LogP contribution < -0.4 is 5.32 Å². The third-order valence-electron chi connectivity index (χ3n) is 2.73. The van der Waals surface area contributed by atoms with Crippen molar-refractivity contribution in [2.24, 2.45) is 0 Å². The number of hydrogen-bond acceptors (Lipinski definition) is 4. The minimum atomic E-state index is -3.05. The summed E-state index contributed by atoms with van der Waals surface area (Å²) in [6.45, 7) is 9.05. The molecular formula is C10H21NO3S. The van der Waals surface area contributed by atoms with Gasteiger partial charge >= 0.3 is 0 Å². The summed E-state index contributed by atoms with van der Waals surface area (Å²) in [4.78, 5) is 0. The van der Waals surface area contributed by atoms with Crippen molar-refractivity contribution >= 4 is 9.84 Å². The molecule has 5 heteroatoms. The van der Waals surface area contributed by atoms with Gasteiger partial charge in [-0.3, -0.25) is 0 Å². The van der Waals surface area contributed by atoms with E-state index in [2.05, 4.69) is 5.32 Å². The molecule has 0 bridgehead atoms. The van der Waals surface area contributed by atoms with Crippen molar-refractivity contribution in [1.82, 2.24) is 5.32 Å². The molecule has 0 radical (unpaired) electrons. The lowest BCUT2D eigenvalue weighted by molar-refractivity contribution is -0.0598. The van der Waals surface area contributed by atoms with E-state index < -0.39 is 14.6 Å². The summed E-state index contributed by atoms with van der Waals surface area (Å²) in [6.07, 6.45) is 0. The fraction of sp³-hybridized carbons (Fsp3) is 1.00. The van der Waals surface area contributed by atoms with Gasteiger partial charge in [0.2, 0.25) is 0 Å². The molecule has 1 aliphatic rings. The maximum Gasteiger partial charge on any atom is 0.157 e. The lowest BCUT2D eigenvalue weighted by Crippen LogP contribution is -2.59. The summed E-state index contributed by atoms with van der Waals surface area (Å²) in [5, 5.41) is 3.11. The molecule has 0 saturated carbocycles. The summed E-state index contributed by atoms with van der Waals surface area (Å²) in [5.74, 6) is 0.103. The van der Waals surface area contributed by atoms with E-state index in [1.807, 2.05) is 6.92 Å². The quantitative estimate of drug-likeness (QED) is 0.774. The Balaban J connectivity index is 2.37. The molecule has 1 rings (SSSR count). The molecule has 0 amide bonds. The van der Waals surface area contributed by atoms with Crippen LogP contribution in [0.2, 0.25) is 0 Å². The van der Waals surface area contributed by atoms with Crippen molar-refractivity contribution in [3.05, 3.63) is 0 Å². The molecule has 0 aromatic carbocycles. The van der Waals surface area contributed by atoms with Crippen LogP contribution in [0.15, 0.2) is 0 Å². The zero-order valence-corrected chi connectivity index (χ0v) is 10.8. The Bertz CT molecular complexity index is 312. The molecule has 4 nitrogen and oxygen atoms in total. The van der Waals surface area contributed by atoms with Crippen molar-refractivity contribution in [2.75, 3.05) is 25.4 Å². The highest BCUT2D eigenvalue weighted by atomic mass is 32.2. The molecule has 15 heavy (non-hydrogen) atoms. The van der Waals surface area contributed by atoms with Crippen molar-refractivity contribution in [3.8, 4) is 0 Å². The van der Waals surface area contributed by atoms with Crippen LogP contribution in [0.5, 0.6) is 0 Å². The lowest BCUT2D eigenvalue weighted by atomic mass is 10.0. The third kappa shape index (κ3) is 3.16. The number of sulfone groups is 1. The fourth-order valence-electron chi connectivity index (χ4n) is 1.28. The van der Waals surface area contributed by atoms with Crippen LogP contribution in [-0.4, -0.2) is 44.2 Å². The molecule has 0 aliphatic carbocycles. The SMILES string of the molecule is CC1(OCCS(=O)(=O)C(C)(C)C)CNC1. The second-order valence-electron chi connectivity index (χ2n) is 5.33. The summed E-state index contributed by atoms with van der Waals surface area (Å²) < 4.78 is 28.4. The van der Waals surface area contributed by atoms with Gasteiger partial charge in [0.15, 0.2) is 9.84 Å². The summed E-state index contributed by atoms with van der Waals surface area (Å²) in [7, 11) is -3.05. The first-order chi connectivity index (χ1) is 6.66. The van der Waals surface area contributed by atoms with Gasteiger partial charge in [-0.05, 0) is 27.7 Å². The molecule has 1 heterocycles. The summed E-state index contributed by atoms with van der Waals surface area (Å²) in [5.41, 5.74) is -0.159. The molecular weight excluding hydrogens is 214 g/mol. The van der Waals surface area contributed by atoms with Crippen LogP contribution in [0, 0.1) is 0 Å². The zero-order chi connectivity index (χ0) is 11.7. The molecule has 90 valence electrons. The number of ether oxygens (including phenoxy) is 1. The van der Waals surface area contributed by atoms with Gasteiger partial charge in [-0.1, -0.05) is 0 Å². The third-order valence-corrected chi connectivity index (χ3v) is 5.30. The van der Waals surface area contributed by atoms with E-state index in [4.69, 9.17) is 4.74 Å². The average molecular weight is 235 g/mol. The van der Waals surface area contributed by atoms with E-state index in [0.29, 0.717) is 0 Å². The van der Waals surface area contributed by atoms with Gasteiger partial charge in [0, 0.05) is 13.1 Å². The average Bonchev–Trinajstić information content (AvgIpc) is 1.98. The maximum absolute atomic E-state index is 11.7. The van der Waals surface area contributed by atoms with Crippen LogP contribution in [0.25, 0.3) is 0 Å². The van der Waals surface area contributed by atoms with Gasteiger partial charge in [-0.15, -0.1) is 0 Å². The van der Waals surface area contributed by atoms with E-state index in [1.54, 1.807) is 20.8 Å². The number of hydrogen-bond donors (Lipinski definition) is 1. The second-order valence-corrected chi connectivity index (χ2v) is 8.20. The minimum Gasteiger partial charge on any atom is -0.372 e. The highest BCUT2D eigenvalue weighted by Crippen LogP contribution is 2.18. The topological polar surface area (TPSA) is 55.4 Å². The highest BCUT2D eigenvalue weighted by Gasteiger charge is 2.34. The predicted molar refractivity (Wildman–Crippen MR) is 60.8 cm³/mol. The van der Waals surface area contributed by atoms with Gasteiger partial charge in [0.25, 0.3) is 0 Å². The van der Waals surface area contributed by atoms with Crippen LogP contribution in [0.1, 0.15) is 27.7 Å². The molecule has 1 saturated heterocycles. The van der Waals surface area contributed by atoms with Crippen molar-refractivity contribution in [2.45, 2.75) is 38.0 Å². The molecule has 1 aliphatic heterocycles.